The minimum absolute atomic E-state index is 0.0392. The zero-order valence-electron chi connectivity index (χ0n) is 10.7. The molecule has 0 aliphatic rings. The highest BCUT2D eigenvalue weighted by atomic mass is 19.1. The van der Waals surface area contributed by atoms with E-state index in [1.54, 1.807) is 24.3 Å². The fourth-order valence-corrected chi connectivity index (χ4v) is 1.89. The molecule has 0 radical (unpaired) electrons. The molecule has 0 spiro atoms. The van der Waals surface area contributed by atoms with Gasteiger partial charge in [-0.15, -0.1) is 0 Å². The van der Waals surface area contributed by atoms with E-state index >= 15 is 0 Å². The number of rotatable bonds is 2. The Hall–Kier alpha value is -3.20. The second-order valence-corrected chi connectivity index (χ2v) is 4.31. The Bertz CT molecular complexity index is 873. The first-order chi connectivity index (χ1) is 10.2. The Labute approximate surface area is 119 Å². The highest BCUT2D eigenvalue weighted by Crippen LogP contribution is 2.28. The molecule has 2 N–H and O–H groups in total. The number of halogens is 1. The number of nitrogen functional groups attached to an aromatic ring is 1. The first-order valence-corrected chi connectivity index (χ1v) is 6.05. The van der Waals surface area contributed by atoms with Crippen molar-refractivity contribution in [1.82, 2.24) is 9.97 Å². The summed E-state index contributed by atoms with van der Waals surface area (Å²) in [5.41, 5.74) is 6.87. The molecule has 2 aromatic carbocycles. The van der Waals surface area contributed by atoms with E-state index < -0.39 is 5.82 Å². The van der Waals surface area contributed by atoms with Gasteiger partial charge in [-0.2, -0.15) is 5.26 Å². The van der Waals surface area contributed by atoms with Crippen molar-refractivity contribution in [3.05, 3.63) is 54.1 Å². The summed E-state index contributed by atoms with van der Waals surface area (Å²) >= 11 is 0. The summed E-state index contributed by atoms with van der Waals surface area (Å²) in [6.07, 6.45) is 1.34. The van der Waals surface area contributed by atoms with Gasteiger partial charge in [-0.1, -0.05) is 0 Å². The molecule has 0 saturated carbocycles. The van der Waals surface area contributed by atoms with Crippen molar-refractivity contribution in [1.29, 1.82) is 5.26 Å². The topological polar surface area (TPSA) is 84.8 Å². The molecule has 6 heteroatoms. The van der Waals surface area contributed by atoms with Crippen LogP contribution in [0.5, 0.6) is 11.6 Å². The molecule has 102 valence electrons. The Morgan fingerprint density at radius 3 is 2.76 bits per heavy atom. The molecule has 3 rings (SSSR count). The van der Waals surface area contributed by atoms with E-state index in [0.717, 1.165) is 6.07 Å². The van der Waals surface area contributed by atoms with Gasteiger partial charge in [0.1, 0.15) is 24.0 Å². The standard InChI is InChI=1S/C15H9FN4O/c16-13-6-11(3-1-9(13)7-17)21-15-12-4-2-10(18)5-14(12)19-8-20-15/h1-6,8H,18H2. The van der Waals surface area contributed by atoms with Crippen LogP contribution in [0.1, 0.15) is 5.56 Å². The van der Waals surface area contributed by atoms with Gasteiger partial charge in [-0.3, -0.25) is 0 Å². The van der Waals surface area contributed by atoms with E-state index in [1.807, 2.05) is 0 Å². The highest BCUT2D eigenvalue weighted by molar-refractivity contribution is 5.85. The third-order valence-electron chi connectivity index (χ3n) is 2.90. The third kappa shape index (κ3) is 2.44. The fourth-order valence-electron chi connectivity index (χ4n) is 1.89. The van der Waals surface area contributed by atoms with Crippen LogP contribution in [-0.2, 0) is 0 Å². The molecular formula is C15H9FN4O. The molecule has 3 aromatic rings. The molecule has 0 unspecified atom stereocenters. The molecule has 0 atom stereocenters. The first kappa shape index (κ1) is 12.8. The van der Waals surface area contributed by atoms with E-state index in [4.69, 9.17) is 15.7 Å². The highest BCUT2D eigenvalue weighted by Gasteiger charge is 2.09. The van der Waals surface area contributed by atoms with Crippen LogP contribution >= 0.6 is 0 Å². The number of ether oxygens (including phenoxy) is 1. The van der Waals surface area contributed by atoms with Crippen molar-refractivity contribution < 1.29 is 9.13 Å². The average molecular weight is 280 g/mol. The Morgan fingerprint density at radius 2 is 2.00 bits per heavy atom. The molecule has 0 aliphatic carbocycles. The number of hydrogen-bond acceptors (Lipinski definition) is 5. The van der Waals surface area contributed by atoms with E-state index in [0.29, 0.717) is 22.5 Å². The number of nitriles is 1. The van der Waals surface area contributed by atoms with Crippen molar-refractivity contribution in [2.24, 2.45) is 0 Å². The van der Waals surface area contributed by atoms with Crippen LogP contribution in [0, 0.1) is 17.1 Å². The van der Waals surface area contributed by atoms with Gasteiger partial charge in [-0.05, 0) is 30.3 Å². The van der Waals surface area contributed by atoms with Crippen molar-refractivity contribution in [3.63, 3.8) is 0 Å². The Morgan fingerprint density at radius 1 is 1.14 bits per heavy atom. The van der Waals surface area contributed by atoms with Gasteiger partial charge in [0, 0.05) is 11.8 Å². The number of nitrogens with zero attached hydrogens (tertiary/aromatic N) is 3. The van der Waals surface area contributed by atoms with Crippen LogP contribution in [0.3, 0.4) is 0 Å². The summed E-state index contributed by atoms with van der Waals surface area (Å²) in [5.74, 6) is -0.0926. The predicted octanol–water partition coefficient (Wildman–Crippen LogP) is 3.02. The van der Waals surface area contributed by atoms with Crippen molar-refractivity contribution >= 4 is 16.6 Å². The minimum atomic E-state index is -0.641. The Balaban J connectivity index is 2.02. The summed E-state index contributed by atoms with van der Waals surface area (Å²) in [4.78, 5) is 8.14. The van der Waals surface area contributed by atoms with Crippen molar-refractivity contribution in [2.45, 2.75) is 0 Å². The minimum Gasteiger partial charge on any atom is -0.438 e. The average Bonchev–Trinajstić information content (AvgIpc) is 2.47. The lowest BCUT2D eigenvalue weighted by Gasteiger charge is -2.08. The maximum Gasteiger partial charge on any atom is 0.230 e. The predicted molar refractivity (Wildman–Crippen MR) is 75.1 cm³/mol. The maximum atomic E-state index is 13.6. The van der Waals surface area contributed by atoms with Crippen LogP contribution < -0.4 is 10.5 Å². The lowest BCUT2D eigenvalue weighted by Crippen LogP contribution is -1.94. The zero-order valence-corrected chi connectivity index (χ0v) is 10.7. The molecule has 0 fully saturated rings. The summed E-state index contributed by atoms with van der Waals surface area (Å²) in [6.45, 7) is 0. The summed E-state index contributed by atoms with van der Waals surface area (Å²) in [6, 6.07) is 10.9. The molecule has 1 aromatic heterocycles. The number of benzene rings is 2. The zero-order chi connectivity index (χ0) is 14.8. The molecular weight excluding hydrogens is 271 g/mol. The number of anilines is 1. The van der Waals surface area contributed by atoms with Crippen molar-refractivity contribution in [3.8, 4) is 17.7 Å². The molecule has 0 amide bonds. The fraction of sp³-hybridized carbons (Fsp3) is 0. The van der Waals surface area contributed by atoms with Crippen LogP contribution in [0.4, 0.5) is 10.1 Å². The summed E-state index contributed by atoms with van der Waals surface area (Å²) < 4.78 is 19.1. The van der Waals surface area contributed by atoms with Crippen LogP contribution in [0.2, 0.25) is 0 Å². The van der Waals surface area contributed by atoms with Gasteiger partial charge in [0.2, 0.25) is 5.88 Å². The maximum absolute atomic E-state index is 13.6. The van der Waals surface area contributed by atoms with E-state index in [2.05, 4.69) is 9.97 Å². The molecule has 1 heterocycles. The van der Waals surface area contributed by atoms with Gasteiger partial charge in [-0.25, -0.2) is 14.4 Å². The lowest BCUT2D eigenvalue weighted by molar-refractivity contribution is 0.463. The SMILES string of the molecule is N#Cc1ccc(Oc2ncnc3cc(N)ccc23)cc1F. The van der Waals surface area contributed by atoms with Gasteiger partial charge in [0.05, 0.1) is 16.5 Å². The molecule has 0 saturated heterocycles. The van der Waals surface area contributed by atoms with Gasteiger partial charge in [0.15, 0.2) is 0 Å². The molecule has 21 heavy (non-hydrogen) atoms. The van der Waals surface area contributed by atoms with Crippen molar-refractivity contribution in [2.75, 3.05) is 5.73 Å². The molecule has 0 bridgehead atoms. The number of aromatic nitrogens is 2. The number of hydrogen-bond donors (Lipinski definition) is 1. The first-order valence-electron chi connectivity index (χ1n) is 6.05. The number of nitrogens with two attached hydrogens (primary N) is 1. The lowest BCUT2D eigenvalue weighted by atomic mass is 10.2. The van der Waals surface area contributed by atoms with Gasteiger partial charge >= 0.3 is 0 Å². The second-order valence-electron chi connectivity index (χ2n) is 4.31. The van der Waals surface area contributed by atoms with Crippen LogP contribution in [-0.4, -0.2) is 9.97 Å². The van der Waals surface area contributed by atoms with Crippen LogP contribution in [0.15, 0.2) is 42.7 Å². The molecule has 0 aliphatic heterocycles. The second kappa shape index (κ2) is 5.06. The van der Waals surface area contributed by atoms with E-state index in [-0.39, 0.29) is 11.3 Å². The largest absolute Gasteiger partial charge is 0.438 e. The smallest absolute Gasteiger partial charge is 0.230 e. The van der Waals surface area contributed by atoms with E-state index in [1.165, 1.54) is 18.5 Å². The normalized spacial score (nSPS) is 10.3. The summed E-state index contributed by atoms with van der Waals surface area (Å²) in [5, 5.41) is 9.37. The quantitative estimate of drug-likeness (QED) is 0.729. The van der Waals surface area contributed by atoms with Gasteiger partial charge in [0.25, 0.3) is 0 Å². The number of fused-ring (bicyclic) bond motifs is 1. The third-order valence-corrected chi connectivity index (χ3v) is 2.90. The summed E-state index contributed by atoms with van der Waals surface area (Å²) in [7, 11) is 0. The van der Waals surface area contributed by atoms with E-state index in [9.17, 15) is 4.39 Å². The molecule has 5 nitrogen and oxygen atoms in total. The van der Waals surface area contributed by atoms with Gasteiger partial charge < -0.3 is 10.5 Å². The Kier molecular flexibility index (Phi) is 3.09. The monoisotopic (exact) mass is 280 g/mol. The van der Waals surface area contributed by atoms with Crippen LogP contribution in [0.25, 0.3) is 10.9 Å².